The van der Waals surface area contributed by atoms with Crippen LogP contribution < -0.4 is 9.64 Å². The van der Waals surface area contributed by atoms with Crippen molar-refractivity contribution in [2.24, 2.45) is 0 Å². The normalized spacial score (nSPS) is 15.6. The van der Waals surface area contributed by atoms with Crippen molar-refractivity contribution in [2.45, 2.75) is 45.4 Å². The van der Waals surface area contributed by atoms with Gasteiger partial charge in [-0.3, -0.25) is 0 Å². The van der Waals surface area contributed by atoms with Crippen LogP contribution in [0.25, 0.3) is 0 Å². The van der Waals surface area contributed by atoms with E-state index in [2.05, 4.69) is 30.7 Å². The molecule has 6 heteroatoms. The van der Waals surface area contributed by atoms with Crippen molar-refractivity contribution in [3.8, 4) is 5.75 Å². The number of methoxy groups -OCH3 is 1. The first-order valence-electron chi connectivity index (χ1n) is 8.24. The minimum absolute atomic E-state index is 0.625. The summed E-state index contributed by atoms with van der Waals surface area (Å²) in [5, 5.41) is 4.79. The lowest BCUT2D eigenvalue weighted by Gasteiger charge is -2.14. The van der Waals surface area contributed by atoms with Crippen LogP contribution in [0, 0.1) is 4.77 Å². The van der Waals surface area contributed by atoms with Crippen molar-refractivity contribution in [1.82, 2.24) is 14.3 Å². The summed E-state index contributed by atoms with van der Waals surface area (Å²) in [6.45, 7) is 4.77. The van der Waals surface area contributed by atoms with Gasteiger partial charge in [-0.25, -0.2) is 0 Å². The van der Waals surface area contributed by atoms with E-state index < -0.39 is 0 Å². The number of benzene rings is 1. The third-order valence-corrected chi connectivity index (χ3v) is 4.73. The van der Waals surface area contributed by atoms with E-state index in [4.69, 9.17) is 22.1 Å². The molecule has 1 N–H and O–H groups in total. The summed E-state index contributed by atoms with van der Waals surface area (Å²) in [5.41, 5.74) is 1.28. The molecule has 1 atom stereocenters. The molecule has 0 saturated heterocycles. The van der Waals surface area contributed by atoms with Crippen LogP contribution in [-0.4, -0.2) is 28.5 Å². The molecule has 3 rings (SSSR count). The highest BCUT2D eigenvalue weighted by Gasteiger charge is 2.30. The van der Waals surface area contributed by atoms with E-state index in [1.165, 1.54) is 29.1 Å². The molecule has 1 aromatic heterocycles. The average molecular weight is 333 g/mol. The number of aromatic nitrogens is 3. The van der Waals surface area contributed by atoms with Crippen molar-refractivity contribution < 1.29 is 9.64 Å². The van der Waals surface area contributed by atoms with Gasteiger partial charge in [-0.1, -0.05) is 0 Å². The highest BCUT2D eigenvalue weighted by Crippen LogP contribution is 2.39. The molecule has 23 heavy (non-hydrogen) atoms. The van der Waals surface area contributed by atoms with Gasteiger partial charge in [0.15, 0.2) is 6.67 Å². The second-order valence-electron chi connectivity index (χ2n) is 6.30. The zero-order chi connectivity index (χ0) is 16.4. The van der Waals surface area contributed by atoms with Crippen LogP contribution in [0.3, 0.4) is 0 Å². The maximum atomic E-state index is 5.61. The third-order valence-electron chi connectivity index (χ3n) is 4.29. The molecule has 1 fully saturated rings. The molecule has 1 aliphatic carbocycles. The molecular formula is C17H25N4OS+. The number of hydrogen-bond donors (Lipinski definition) is 1. The molecule has 1 aromatic carbocycles. The Balaban J connectivity index is 1.69. The Morgan fingerprint density at radius 1 is 1.30 bits per heavy atom. The van der Waals surface area contributed by atoms with Gasteiger partial charge < -0.3 is 14.2 Å². The Kier molecular flexibility index (Phi) is 4.82. The third kappa shape index (κ3) is 3.64. The molecule has 2 aromatic rings. The van der Waals surface area contributed by atoms with Gasteiger partial charge in [0.05, 0.1) is 14.2 Å². The fourth-order valence-electron chi connectivity index (χ4n) is 2.90. The zero-order valence-corrected chi connectivity index (χ0v) is 14.9. The van der Waals surface area contributed by atoms with Crippen molar-refractivity contribution in [1.29, 1.82) is 0 Å². The number of nitrogens with one attached hydrogen (secondary N) is 1. The Hall–Kier alpha value is -1.66. The molecule has 5 nitrogen and oxygen atoms in total. The summed E-state index contributed by atoms with van der Waals surface area (Å²) in [6, 6.07) is 8.24. The van der Waals surface area contributed by atoms with Crippen LogP contribution in [0.2, 0.25) is 0 Å². The lowest BCUT2D eigenvalue weighted by molar-refractivity contribution is -0.917. The zero-order valence-electron chi connectivity index (χ0n) is 14.1. The van der Waals surface area contributed by atoms with Gasteiger partial charge in [0, 0.05) is 18.0 Å². The predicted molar refractivity (Wildman–Crippen MR) is 92.3 cm³/mol. The second kappa shape index (κ2) is 6.84. The maximum absolute atomic E-state index is 5.61. The van der Waals surface area contributed by atoms with Gasteiger partial charge >= 0.3 is 0 Å². The highest BCUT2D eigenvalue weighted by atomic mass is 32.1. The first-order chi connectivity index (χ1) is 11.1. The number of quaternary nitrogens is 1. The van der Waals surface area contributed by atoms with Gasteiger partial charge in [-0.2, -0.15) is 9.78 Å². The molecule has 0 amide bonds. The molecular weight excluding hydrogens is 308 g/mol. The molecule has 0 aliphatic heterocycles. The van der Waals surface area contributed by atoms with Gasteiger partial charge in [0.25, 0.3) is 0 Å². The van der Waals surface area contributed by atoms with Crippen LogP contribution in [0.4, 0.5) is 0 Å². The predicted octanol–water partition coefficient (Wildman–Crippen LogP) is 1.99. The van der Waals surface area contributed by atoms with Crippen LogP contribution >= 0.6 is 12.2 Å². The molecule has 0 radical (unpaired) electrons. The second-order valence-corrected chi connectivity index (χ2v) is 6.66. The van der Waals surface area contributed by atoms with Crippen molar-refractivity contribution in [2.75, 3.05) is 14.2 Å². The number of nitrogens with zero attached hydrogens (tertiary/aromatic N) is 3. The van der Waals surface area contributed by atoms with Crippen LogP contribution in [0.5, 0.6) is 5.75 Å². The smallest absolute Gasteiger partial charge is 0.202 e. The topological polar surface area (TPSA) is 36.4 Å². The van der Waals surface area contributed by atoms with E-state index in [9.17, 15) is 0 Å². The lowest BCUT2D eigenvalue weighted by Crippen LogP contribution is -3.07. The SMILES string of the molecule is CCn1c(C2CC2)nn(C[NH+](C)Cc2ccc(OC)cc2)c1=S. The van der Waals surface area contributed by atoms with Crippen LogP contribution in [0.15, 0.2) is 24.3 Å². The summed E-state index contributed by atoms with van der Waals surface area (Å²) in [5.74, 6) is 2.69. The number of hydrogen-bond acceptors (Lipinski definition) is 3. The monoisotopic (exact) mass is 333 g/mol. The van der Waals surface area contributed by atoms with Gasteiger partial charge in [0.2, 0.25) is 4.77 Å². The van der Waals surface area contributed by atoms with E-state index >= 15 is 0 Å². The summed E-state index contributed by atoms with van der Waals surface area (Å²) in [6.07, 6.45) is 2.50. The summed E-state index contributed by atoms with van der Waals surface area (Å²) < 4.78 is 10.2. The first-order valence-corrected chi connectivity index (χ1v) is 8.65. The summed E-state index contributed by atoms with van der Waals surface area (Å²) >= 11 is 5.61. The molecule has 0 spiro atoms. The van der Waals surface area contributed by atoms with E-state index in [1.807, 2.05) is 16.8 Å². The van der Waals surface area contributed by atoms with Crippen LogP contribution in [0.1, 0.15) is 37.1 Å². The Morgan fingerprint density at radius 2 is 2.00 bits per heavy atom. The highest BCUT2D eigenvalue weighted by molar-refractivity contribution is 7.71. The standard InChI is InChI=1S/C17H24N4OS/c1-4-20-16(14-7-8-14)18-21(17(20)23)12-19(2)11-13-5-9-15(22-3)10-6-13/h5-6,9-10,14H,4,7-8,11-12H2,1-3H3/p+1. The van der Waals surface area contributed by atoms with Crippen molar-refractivity contribution in [3.63, 3.8) is 0 Å². The molecule has 124 valence electrons. The largest absolute Gasteiger partial charge is 0.497 e. The van der Waals surface area contributed by atoms with E-state index in [-0.39, 0.29) is 0 Å². The Morgan fingerprint density at radius 3 is 2.57 bits per heavy atom. The number of rotatable bonds is 7. The average Bonchev–Trinajstić information content (AvgIpc) is 3.34. The molecule has 1 heterocycles. The quantitative estimate of drug-likeness (QED) is 0.787. The Labute approximate surface area is 142 Å². The van der Waals surface area contributed by atoms with Crippen LogP contribution in [-0.2, 0) is 19.8 Å². The maximum Gasteiger partial charge on any atom is 0.202 e. The summed E-state index contributed by atoms with van der Waals surface area (Å²) in [4.78, 5) is 1.36. The van der Waals surface area contributed by atoms with Gasteiger partial charge in [0.1, 0.15) is 18.1 Å². The fraction of sp³-hybridized carbons (Fsp3) is 0.529. The molecule has 1 aliphatic rings. The first kappa shape index (κ1) is 16.2. The van der Waals surface area contributed by atoms with Crippen molar-refractivity contribution in [3.05, 3.63) is 40.4 Å². The van der Waals surface area contributed by atoms with Crippen molar-refractivity contribution >= 4 is 12.2 Å². The summed E-state index contributed by atoms with van der Waals surface area (Å²) in [7, 11) is 3.86. The van der Waals surface area contributed by atoms with Gasteiger partial charge in [-0.05, 0) is 56.2 Å². The minimum Gasteiger partial charge on any atom is -0.497 e. The Bertz CT molecular complexity index is 715. The van der Waals surface area contributed by atoms with Gasteiger partial charge in [-0.15, -0.1) is 0 Å². The fourth-order valence-corrected chi connectivity index (χ4v) is 3.23. The van der Waals surface area contributed by atoms with E-state index in [1.54, 1.807) is 7.11 Å². The number of ether oxygens (including phenoxy) is 1. The minimum atomic E-state index is 0.625. The molecule has 1 saturated carbocycles. The molecule has 0 bridgehead atoms. The lowest BCUT2D eigenvalue weighted by atomic mass is 10.2. The van der Waals surface area contributed by atoms with E-state index in [0.717, 1.165) is 30.3 Å². The molecule has 1 unspecified atom stereocenters. The van der Waals surface area contributed by atoms with E-state index in [0.29, 0.717) is 5.92 Å².